The molecule has 3 aliphatic rings. The number of piperazine rings is 1. The van der Waals surface area contributed by atoms with E-state index < -0.39 is 0 Å². The molecule has 7 rings (SSSR count). The Kier molecular flexibility index (Phi) is 9.14. The van der Waals surface area contributed by atoms with Gasteiger partial charge in [0.1, 0.15) is 22.7 Å². The molecule has 0 aliphatic carbocycles. The van der Waals surface area contributed by atoms with Crippen molar-refractivity contribution >= 4 is 28.4 Å². The highest BCUT2D eigenvalue weighted by Crippen LogP contribution is 2.30. The van der Waals surface area contributed by atoms with Crippen LogP contribution >= 0.6 is 0 Å². The molecule has 3 saturated heterocycles. The summed E-state index contributed by atoms with van der Waals surface area (Å²) in [5.41, 5.74) is 4.54. The Morgan fingerprint density at radius 1 is 0.833 bits per heavy atom. The van der Waals surface area contributed by atoms with Crippen molar-refractivity contribution in [2.45, 2.75) is 44.2 Å². The fraction of sp³-hybridized carbons (Fsp3) is 0.405. The quantitative estimate of drug-likeness (QED) is 0.274. The minimum atomic E-state index is -0.248. The Balaban J connectivity index is 0.902. The number of H-pyrrole nitrogens is 1. The number of methoxy groups -OCH3 is 2. The lowest BCUT2D eigenvalue weighted by molar-refractivity contribution is -0.134. The van der Waals surface area contributed by atoms with Gasteiger partial charge < -0.3 is 19.4 Å². The average molecular weight is 651 g/mol. The van der Waals surface area contributed by atoms with Crippen LogP contribution in [0.25, 0.3) is 22.3 Å². The number of aromatic amines is 1. The first-order valence-corrected chi connectivity index (χ1v) is 16.8. The van der Waals surface area contributed by atoms with E-state index in [-0.39, 0.29) is 23.3 Å². The Hall–Kier alpha value is -4.74. The average Bonchev–Trinajstić information content (AvgIpc) is 3.12. The van der Waals surface area contributed by atoms with Gasteiger partial charge in [-0.3, -0.25) is 29.5 Å². The smallest absolute Gasteiger partial charge is 0.262 e. The molecule has 1 unspecified atom stereocenters. The number of carbonyl (C=O) groups excluding carboxylic acids is 2. The minimum Gasteiger partial charge on any atom is -0.497 e. The van der Waals surface area contributed by atoms with Crippen LogP contribution in [0.3, 0.4) is 0 Å². The number of hydrogen-bond acceptors (Lipinski definition) is 9. The van der Waals surface area contributed by atoms with Gasteiger partial charge in [0.2, 0.25) is 11.8 Å². The first kappa shape index (κ1) is 31.8. The molecule has 1 atom stereocenters. The number of nitrogens with one attached hydrogen (secondary N) is 2. The van der Waals surface area contributed by atoms with Gasteiger partial charge in [-0.25, -0.2) is 4.98 Å². The van der Waals surface area contributed by atoms with E-state index in [4.69, 9.17) is 14.5 Å². The molecule has 3 aliphatic heterocycles. The molecule has 0 radical (unpaired) electrons. The number of nitrogens with zero attached hydrogens (tertiary/aromatic N) is 4. The van der Waals surface area contributed by atoms with Gasteiger partial charge in [-0.2, -0.15) is 0 Å². The van der Waals surface area contributed by atoms with Gasteiger partial charge in [0.25, 0.3) is 5.56 Å². The summed E-state index contributed by atoms with van der Waals surface area (Å²) in [5.74, 6) is 0.929. The van der Waals surface area contributed by atoms with Crippen LogP contribution in [0.4, 0.5) is 5.69 Å². The fourth-order valence-corrected chi connectivity index (χ4v) is 7.36. The van der Waals surface area contributed by atoms with Gasteiger partial charge in [-0.1, -0.05) is 24.3 Å². The Labute approximate surface area is 279 Å². The van der Waals surface area contributed by atoms with Crippen LogP contribution in [0, 0.1) is 0 Å². The van der Waals surface area contributed by atoms with Crippen LogP contribution in [0.1, 0.15) is 42.7 Å². The van der Waals surface area contributed by atoms with Crippen LogP contribution in [0.2, 0.25) is 0 Å². The van der Waals surface area contributed by atoms with E-state index in [1.807, 2.05) is 24.3 Å². The van der Waals surface area contributed by atoms with Crippen molar-refractivity contribution in [2.75, 3.05) is 58.4 Å². The number of imide groups is 1. The van der Waals surface area contributed by atoms with E-state index in [1.165, 1.54) is 18.4 Å². The number of fused-ring (bicyclic) bond motifs is 1. The minimum absolute atomic E-state index is 0.177. The molecule has 4 heterocycles. The van der Waals surface area contributed by atoms with E-state index in [9.17, 15) is 14.4 Å². The standard InChI is InChI=1S/C37H42N6O5/c1-47-29-21-31-34(32(22-29)48-2)37(46)40-35(38-31)26-7-9-27(10-8-26)42-15-13-28(14-16-42)43-19-17-41(18-20-43)23-24-3-5-25(6-4-24)30-11-12-33(44)39-36(30)45/h3-10,21-22,28,30H,11-20,23H2,1-2H3,(H,38,40,46)(H,39,44,45). The summed E-state index contributed by atoms with van der Waals surface area (Å²) in [4.78, 5) is 51.9. The van der Waals surface area contributed by atoms with Crippen LogP contribution in [-0.4, -0.2) is 91.1 Å². The van der Waals surface area contributed by atoms with Crippen molar-refractivity contribution in [3.8, 4) is 22.9 Å². The summed E-state index contributed by atoms with van der Waals surface area (Å²) in [5, 5.41) is 2.86. The first-order valence-electron chi connectivity index (χ1n) is 16.8. The van der Waals surface area contributed by atoms with E-state index in [1.54, 1.807) is 19.2 Å². The molecule has 250 valence electrons. The maximum atomic E-state index is 13.0. The molecule has 0 spiro atoms. The number of aromatic nitrogens is 2. The Morgan fingerprint density at radius 3 is 2.23 bits per heavy atom. The zero-order valence-electron chi connectivity index (χ0n) is 27.5. The zero-order valence-corrected chi connectivity index (χ0v) is 27.5. The number of piperidine rings is 2. The lowest BCUT2D eigenvalue weighted by Gasteiger charge is -2.43. The Bertz CT molecular complexity index is 1840. The summed E-state index contributed by atoms with van der Waals surface area (Å²) in [6.07, 6.45) is 3.24. The summed E-state index contributed by atoms with van der Waals surface area (Å²) in [6.45, 7) is 7.15. The van der Waals surface area contributed by atoms with Crippen molar-refractivity contribution in [2.24, 2.45) is 0 Å². The third kappa shape index (κ3) is 6.65. The van der Waals surface area contributed by atoms with Crippen LogP contribution in [0.15, 0.2) is 65.5 Å². The molecule has 3 fully saturated rings. The highest BCUT2D eigenvalue weighted by atomic mass is 16.5. The first-order chi connectivity index (χ1) is 23.4. The molecule has 11 nitrogen and oxygen atoms in total. The lowest BCUT2D eigenvalue weighted by atomic mass is 9.90. The summed E-state index contributed by atoms with van der Waals surface area (Å²) in [7, 11) is 3.11. The van der Waals surface area contributed by atoms with Crippen LogP contribution in [0.5, 0.6) is 11.5 Å². The number of carbonyl (C=O) groups is 2. The second-order valence-corrected chi connectivity index (χ2v) is 13.0. The summed E-state index contributed by atoms with van der Waals surface area (Å²) < 4.78 is 10.8. The molecule has 4 aromatic rings. The van der Waals surface area contributed by atoms with Gasteiger partial charge in [0.15, 0.2) is 0 Å². The van der Waals surface area contributed by atoms with E-state index in [2.05, 4.69) is 49.3 Å². The highest BCUT2D eigenvalue weighted by Gasteiger charge is 2.29. The number of ether oxygens (including phenoxy) is 2. The maximum Gasteiger partial charge on any atom is 0.262 e. The van der Waals surface area contributed by atoms with Crippen LogP contribution in [-0.2, 0) is 16.1 Å². The zero-order chi connectivity index (χ0) is 33.2. The van der Waals surface area contributed by atoms with Crippen LogP contribution < -0.4 is 25.2 Å². The third-order valence-electron chi connectivity index (χ3n) is 10.1. The maximum absolute atomic E-state index is 13.0. The number of hydrogen-bond donors (Lipinski definition) is 2. The lowest BCUT2D eigenvalue weighted by Crippen LogP contribution is -2.53. The fourth-order valence-electron chi connectivity index (χ4n) is 7.36. The normalized spacial score (nSPS) is 19.8. The van der Waals surface area contributed by atoms with Crippen molar-refractivity contribution in [3.05, 3.63) is 82.1 Å². The predicted octanol–water partition coefficient (Wildman–Crippen LogP) is 3.91. The van der Waals surface area contributed by atoms with Gasteiger partial charge in [-0.05, 0) is 54.7 Å². The SMILES string of the molecule is COc1cc(OC)c2c(=O)[nH]c(-c3ccc(N4CCC(N5CCN(Cc6ccc(C7CCC(=O)NC7=O)cc6)CC5)CC4)cc3)nc2c1. The number of benzene rings is 3. The van der Waals surface area contributed by atoms with Gasteiger partial charge >= 0.3 is 0 Å². The van der Waals surface area contributed by atoms with Gasteiger partial charge in [0.05, 0.1) is 25.7 Å². The molecule has 1 aromatic heterocycles. The highest BCUT2D eigenvalue weighted by molar-refractivity contribution is 6.00. The monoisotopic (exact) mass is 650 g/mol. The molecule has 0 saturated carbocycles. The van der Waals surface area contributed by atoms with Crippen molar-refractivity contribution < 1.29 is 19.1 Å². The summed E-state index contributed by atoms with van der Waals surface area (Å²) in [6, 6.07) is 20.6. The molecule has 0 bridgehead atoms. The topological polar surface area (TPSA) is 120 Å². The van der Waals surface area contributed by atoms with Crippen molar-refractivity contribution in [1.82, 2.24) is 25.1 Å². The third-order valence-corrected chi connectivity index (χ3v) is 10.1. The largest absolute Gasteiger partial charge is 0.497 e. The molecular formula is C37H42N6O5. The van der Waals surface area contributed by atoms with E-state index in [0.717, 1.165) is 69.8 Å². The number of rotatable bonds is 8. The molecule has 11 heteroatoms. The van der Waals surface area contributed by atoms with Gasteiger partial charge in [-0.15, -0.1) is 0 Å². The van der Waals surface area contributed by atoms with Crippen molar-refractivity contribution in [1.29, 1.82) is 0 Å². The number of anilines is 1. The molecule has 3 aromatic carbocycles. The second-order valence-electron chi connectivity index (χ2n) is 13.0. The van der Waals surface area contributed by atoms with Gasteiger partial charge in [0, 0.05) is 81.7 Å². The molecule has 2 amide bonds. The number of amides is 2. The summed E-state index contributed by atoms with van der Waals surface area (Å²) >= 11 is 0. The van der Waals surface area contributed by atoms with Crippen molar-refractivity contribution in [3.63, 3.8) is 0 Å². The molecule has 2 N–H and O–H groups in total. The van der Waals surface area contributed by atoms with E-state index >= 15 is 0 Å². The van der Waals surface area contributed by atoms with E-state index in [0.29, 0.717) is 47.1 Å². The molecule has 48 heavy (non-hydrogen) atoms. The predicted molar refractivity (Wildman–Crippen MR) is 185 cm³/mol. The second kappa shape index (κ2) is 13.8. The Morgan fingerprint density at radius 2 is 1.56 bits per heavy atom. The molecular weight excluding hydrogens is 608 g/mol.